The maximum absolute atomic E-state index is 12.3. The summed E-state index contributed by atoms with van der Waals surface area (Å²) in [5.74, 6) is 0.725. The van der Waals surface area contributed by atoms with E-state index in [1.165, 1.54) is 19.3 Å². The third-order valence-electron chi connectivity index (χ3n) is 5.34. The van der Waals surface area contributed by atoms with Crippen molar-refractivity contribution in [2.75, 3.05) is 25.0 Å². The van der Waals surface area contributed by atoms with Gasteiger partial charge >= 0.3 is 6.09 Å². The van der Waals surface area contributed by atoms with Crippen molar-refractivity contribution in [3.63, 3.8) is 0 Å². The van der Waals surface area contributed by atoms with E-state index in [1.54, 1.807) is 11.1 Å². The molecule has 0 atom stereocenters. The first-order valence-electron chi connectivity index (χ1n) is 10.1. The second kappa shape index (κ2) is 9.58. The highest BCUT2D eigenvalue weighted by Gasteiger charge is 2.23. The number of aromatic nitrogens is 1. The standard InChI is InChI=1S/C20H30N4O3/c1-2-27-20(26)24-12-10-17(11-13-24)22-18-9-8-15(14-21-18)19(25)23-16-6-4-3-5-7-16/h8-9,14,16-17H,2-7,10-13H2,1H3,(H,21,22)(H,23,25). The van der Waals surface area contributed by atoms with Crippen molar-refractivity contribution in [2.24, 2.45) is 0 Å². The minimum atomic E-state index is -0.234. The van der Waals surface area contributed by atoms with Gasteiger partial charge in [-0.05, 0) is 44.7 Å². The van der Waals surface area contributed by atoms with Gasteiger partial charge in [-0.1, -0.05) is 19.3 Å². The van der Waals surface area contributed by atoms with Crippen LogP contribution in [-0.2, 0) is 4.74 Å². The van der Waals surface area contributed by atoms with Crippen LogP contribution >= 0.6 is 0 Å². The SMILES string of the molecule is CCOC(=O)N1CCC(Nc2ccc(C(=O)NC3CCCCC3)cn2)CC1. The number of amides is 2. The van der Waals surface area contributed by atoms with Gasteiger partial charge in [-0.15, -0.1) is 0 Å². The highest BCUT2D eigenvalue weighted by molar-refractivity contribution is 5.94. The lowest BCUT2D eigenvalue weighted by atomic mass is 9.95. The number of nitrogens with zero attached hydrogens (tertiary/aromatic N) is 2. The third kappa shape index (κ3) is 5.58. The summed E-state index contributed by atoms with van der Waals surface area (Å²) < 4.78 is 5.04. The van der Waals surface area contributed by atoms with E-state index < -0.39 is 0 Å². The molecule has 0 bridgehead atoms. The Labute approximate surface area is 160 Å². The van der Waals surface area contributed by atoms with Crippen LogP contribution in [0.5, 0.6) is 0 Å². The molecule has 1 saturated carbocycles. The van der Waals surface area contributed by atoms with Crippen molar-refractivity contribution in [2.45, 2.75) is 64.0 Å². The van der Waals surface area contributed by atoms with Crippen LogP contribution in [0.1, 0.15) is 62.2 Å². The number of pyridine rings is 1. The van der Waals surface area contributed by atoms with E-state index >= 15 is 0 Å². The van der Waals surface area contributed by atoms with Gasteiger partial charge in [0.25, 0.3) is 5.91 Å². The summed E-state index contributed by atoms with van der Waals surface area (Å²) in [6.45, 7) is 3.58. The lowest BCUT2D eigenvalue weighted by molar-refractivity contribution is 0.0926. The predicted octanol–water partition coefficient (Wildman–Crippen LogP) is 3.18. The highest BCUT2D eigenvalue weighted by atomic mass is 16.6. The largest absolute Gasteiger partial charge is 0.450 e. The molecule has 7 heteroatoms. The maximum Gasteiger partial charge on any atom is 0.409 e. The smallest absolute Gasteiger partial charge is 0.409 e. The van der Waals surface area contributed by atoms with Crippen molar-refractivity contribution in [3.05, 3.63) is 23.9 Å². The third-order valence-corrected chi connectivity index (χ3v) is 5.34. The first-order chi connectivity index (χ1) is 13.2. The Morgan fingerprint density at radius 3 is 2.48 bits per heavy atom. The lowest BCUT2D eigenvalue weighted by Gasteiger charge is -2.31. The van der Waals surface area contributed by atoms with Gasteiger partial charge in [-0.25, -0.2) is 9.78 Å². The number of hydrogen-bond donors (Lipinski definition) is 2. The molecule has 27 heavy (non-hydrogen) atoms. The number of ether oxygens (including phenoxy) is 1. The van der Waals surface area contributed by atoms with Crippen LogP contribution in [0.25, 0.3) is 0 Å². The first-order valence-corrected chi connectivity index (χ1v) is 10.1. The second-order valence-electron chi connectivity index (χ2n) is 7.35. The van der Waals surface area contributed by atoms with E-state index in [-0.39, 0.29) is 18.0 Å². The average molecular weight is 374 g/mol. The van der Waals surface area contributed by atoms with Crippen molar-refractivity contribution < 1.29 is 14.3 Å². The molecular weight excluding hydrogens is 344 g/mol. The zero-order valence-electron chi connectivity index (χ0n) is 16.1. The summed E-state index contributed by atoms with van der Waals surface area (Å²) >= 11 is 0. The molecule has 1 aliphatic heterocycles. The van der Waals surface area contributed by atoms with Crippen molar-refractivity contribution in [3.8, 4) is 0 Å². The van der Waals surface area contributed by atoms with E-state index in [9.17, 15) is 9.59 Å². The molecule has 2 fully saturated rings. The van der Waals surface area contributed by atoms with Gasteiger partial charge in [0.2, 0.25) is 0 Å². The zero-order chi connectivity index (χ0) is 19.1. The number of rotatable bonds is 5. The minimum Gasteiger partial charge on any atom is -0.450 e. The molecular formula is C20H30N4O3. The second-order valence-corrected chi connectivity index (χ2v) is 7.35. The van der Waals surface area contributed by atoms with Gasteiger partial charge in [0.1, 0.15) is 5.82 Å². The Bertz CT molecular complexity index is 621. The Hall–Kier alpha value is -2.31. The quantitative estimate of drug-likeness (QED) is 0.827. The summed E-state index contributed by atoms with van der Waals surface area (Å²) in [5.41, 5.74) is 0.600. The van der Waals surface area contributed by atoms with Crippen LogP contribution in [0.15, 0.2) is 18.3 Å². The van der Waals surface area contributed by atoms with Crippen LogP contribution in [0, 0.1) is 0 Å². The Balaban J connectivity index is 1.45. The number of nitrogens with one attached hydrogen (secondary N) is 2. The van der Waals surface area contributed by atoms with Crippen LogP contribution in [0.4, 0.5) is 10.6 Å². The van der Waals surface area contributed by atoms with Crippen LogP contribution in [0.2, 0.25) is 0 Å². The lowest BCUT2D eigenvalue weighted by Crippen LogP contribution is -2.42. The fourth-order valence-corrected chi connectivity index (χ4v) is 3.76. The Morgan fingerprint density at radius 1 is 1.11 bits per heavy atom. The molecule has 0 spiro atoms. The summed E-state index contributed by atoms with van der Waals surface area (Å²) in [4.78, 5) is 30.2. The molecule has 0 unspecified atom stereocenters. The zero-order valence-corrected chi connectivity index (χ0v) is 16.1. The average Bonchev–Trinajstić information content (AvgIpc) is 2.70. The van der Waals surface area contributed by atoms with Gasteiger partial charge in [0, 0.05) is 31.4 Å². The molecule has 0 aromatic carbocycles. The van der Waals surface area contributed by atoms with Gasteiger partial charge in [-0.3, -0.25) is 4.79 Å². The van der Waals surface area contributed by atoms with Crippen LogP contribution in [0.3, 0.4) is 0 Å². The fourth-order valence-electron chi connectivity index (χ4n) is 3.76. The van der Waals surface area contributed by atoms with Gasteiger partial charge in [0.05, 0.1) is 12.2 Å². The molecule has 2 amide bonds. The number of piperidine rings is 1. The fraction of sp³-hybridized carbons (Fsp3) is 0.650. The molecule has 1 aliphatic carbocycles. The van der Waals surface area contributed by atoms with E-state index in [1.807, 2.05) is 19.1 Å². The van der Waals surface area contributed by atoms with E-state index in [0.717, 1.165) is 31.5 Å². The van der Waals surface area contributed by atoms with Crippen LogP contribution < -0.4 is 10.6 Å². The summed E-state index contributed by atoms with van der Waals surface area (Å²) in [7, 11) is 0. The number of hydrogen-bond acceptors (Lipinski definition) is 5. The summed E-state index contributed by atoms with van der Waals surface area (Å²) in [6, 6.07) is 4.24. The molecule has 148 valence electrons. The van der Waals surface area contributed by atoms with Crippen molar-refractivity contribution in [1.29, 1.82) is 0 Å². The number of likely N-dealkylation sites (tertiary alicyclic amines) is 1. The van der Waals surface area contributed by atoms with Crippen molar-refractivity contribution >= 4 is 17.8 Å². The van der Waals surface area contributed by atoms with E-state index in [2.05, 4.69) is 15.6 Å². The van der Waals surface area contributed by atoms with Crippen LogP contribution in [-0.4, -0.2) is 53.7 Å². The van der Waals surface area contributed by atoms with Gasteiger partial charge < -0.3 is 20.3 Å². The van der Waals surface area contributed by atoms with Gasteiger partial charge in [0.15, 0.2) is 0 Å². The molecule has 1 saturated heterocycles. The van der Waals surface area contributed by atoms with Crippen molar-refractivity contribution in [1.82, 2.24) is 15.2 Å². The van der Waals surface area contributed by atoms with Gasteiger partial charge in [-0.2, -0.15) is 0 Å². The number of carbonyl (C=O) groups is 2. The first kappa shape index (κ1) is 19.5. The number of carbonyl (C=O) groups excluding carboxylic acids is 2. The molecule has 2 aliphatic rings. The highest BCUT2D eigenvalue weighted by Crippen LogP contribution is 2.19. The molecule has 0 radical (unpaired) electrons. The summed E-state index contributed by atoms with van der Waals surface area (Å²) in [5, 5.41) is 6.51. The molecule has 7 nitrogen and oxygen atoms in total. The summed E-state index contributed by atoms with van der Waals surface area (Å²) in [6.07, 6.45) is 8.91. The monoisotopic (exact) mass is 374 g/mol. The van der Waals surface area contributed by atoms with E-state index in [4.69, 9.17) is 4.74 Å². The maximum atomic E-state index is 12.3. The molecule has 1 aromatic rings. The minimum absolute atomic E-state index is 0.0382. The van der Waals surface area contributed by atoms with E-state index in [0.29, 0.717) is 31.3 Å². The Kier molecular flexibility index (Phi) is 6.90. The molecule has 3 rings (SSSR count). The Morgan fingerprint density at radius 2 is 1.85 bits per heavy atom. The molecule has 2 heterocycles. The normalized spacial score (nSPS) is 18.8. The number of anilines is 1. The predicted molar refractivity (Wildman–Crippen MR) is 104 cm³/mol. The molecule has 2 N–H and O–H groups in total. The molecule has 1 aromatic heterocycles. The topological polar surface area (TPSA) is 83.6 Å².